The van der Waals surface area contributed by atoms with Gasteiger partial charge in [-0.1, -0.05) is 55.0 Å². The summed E-state index contributed by atoms with van der Waals surface area (Å²) in [5.74, 6) is 11.9. The molecule has 0 N–H and O–H groups in total. The van der Waals surface area contributed by atoms with E-state index in [9.17, 15) is 9.59 Å². The number of carbonyl (C=O) groups is 2. The number of para-hydroxylation sites is 1. The Morgan fingerprint density at radius 2 is 1.25 bits per heavy atom. The molecule has 0 bridgehead atoms. The standard InChI is InChI=1S/C28H18O4/c1-3-27(29)31-25-10-7-8-23(20-25)17-16-21-12-14-22(15-13-21)18-19-24-9-5-6-11-26(24)32-28(30)4-2/h3-15,20H,1-2H2. The highest BCUT2D eigenvalue weighted by Gasteiger charge is 2.04. The molecule has 0 aliphatic heterocycles. The molecule has 4 heteroatoms. The molecular weight excluding hydrogens is 400 g/mol. The van der Waals surface area contributed by atoms with E-state index in [1.54, 1.807) is 36.4 Å². The lowest BCUT2D eigenvalue weighted by Gasteiger charge is -2.03. The summed E-state index contributed by atoms with van der Waals surface area (Å²) in [6.45, 7) is 6.77. The molecule has 0 radical (unpaired) electrons. The van der Waals surface area contributed by atoms with Crippen molar-refractivity contribution >= 4 is 11.9 Å². The fourth-order valence-electron chi connectivity index (χ4n) is 2.52. The number of hydrogen-bond donors (Lipinski definition) is 0. The second-order valence-corrected chi connectivity index (χ2v) is 6.35. The van der Waals surface area contributed by atoms with Crippen molar-refractivity contribution in [3.63, 3.8) is 0 Å². The fourth-order valence-corrected chi connectivity index (χ4v) is 2.52. The molecule has 0 saturated carbocycles. The minimum Gasteiger partial charge on any atom is -0.423 e. The van der Waals surface area contributed by atoms with Gasteiger partial charge >= 0.3 is 11.9 Å². The molecular formula is C28H18O4. The number of carbonyl (C=O) groups excluding carboxylic acids is 2. The van der Waals surface area contributed by atoms with Gasteiger partial charge in [0.2, 0.25) is 0 Å². The summed E-state index contributed by atoms with van der Waals surface area (Å²) in [5.41, 5.74) is 2.92. The van der Waals surface area contributed by atoms with Crippen molar-refractivity contribution in [2.75, 3.05) is 0 Å². The van der Waals surface area contributed by atoms with E-state index in [4.69, 9.17) is 9.47 Å². The molecule has 4 nitrogen and oxygen atoms in total. The fraction of sp³-hybridized carbons (Fsp3) is 0. The molecule has 0 spiro atoms. The summed E-state index contributed by atoms with van der Waals surface area (Å²) in [7, 11) is 0. The van der Waals surface area contributed by atoms with Crippen LogP contribution in [0.15, 0.2) is 98.1 Å². The van der Waals surface area contributed by atoms with Crippen LogP contribution < -0.4 is 9.47 Å². The predicted octanol–water partition coefficient (Wildman–Crippen LogP) is 4.67. The number of rotatable bonds is 4. The third-order valence-corrected chi connectivity index (χ3v) is 4.06. The number of esters is 2. The normalized spacial score (nSPS) is 9.25. The Hall–Kier alpha value is -4.80. The second-order valence-electron chi connectivity index (χ2n) is 6.35. The van der Waals surface area contributed by atoms with Crippen LogP contribution in [-0.2, 0) is 9.59 Å². The van der Waals surface area contributed by atoms with Crippen LogP contribution in [0, 0.1) is 23.7 Å². The van der Waals surface area contributed by atoms with Crippen LogP contribution >= 0.6 is 0 Å². The van der Waals surface area contributed by atoms with Crippen LogP contribution in [0.5, 0.6) is 11.5 Å². The van der Waals surface area contributed by atoms with E-state index in [1.807, 2.05) is 36.4 Å². The zero-order chi connectivity index (χ0) is 22.8. The van der Waals surface area contributed by atoms with Gasteiger partial charge in [0.05, 0.1) is 5.56 Å². The van der Waals surface area contributed by atoms with E-state index in [0.717, 1.165) is 23.3 Å². The van der Waals surface area contributed by atoms with Gasteiger partial charge in [-0.15, -0.1) is 0 Å². The molecule has 154 valence electrons. The van der Waals surface area contributed by atoms with Gasteiger partial charge in [0.15, 0.2) is 0 Å². The van der Waals surface area contributed by atoms with Gasteiger partial charge in [0.25, 0.3) is 0 Å². The SMILES string of the molecule is C=CC(=O)Oc1cccc(C#Cc2ccc(C#Cc3ccccc3OC(=O)C=C)cc2)c1. The van der Waals surface area contributed by atoms with Crippen molar-refractivity contribution in [1.82, 2.24) is 0 Å². The molecule has 0 aliphatic carbocycles. The predicted molar refractivity (Wildman–Crippen MR) is 123 cm³/mol. The maximum absolute atomic E-state index is 11.5. The lowest BCUT2D eigenvalue weighted by atomic mass is 10.1. The minimum atomic E-state index is -0.536. The third-order valence-electron chi connectivity index (χ3n) is 4.06. The van der Waals surface area contributed by atoms with Gasteiger partial charge in [-0.2, -0.15) is 0 Å². The molecule has 0 saturated heterocycles. The number of ether oxygens (including phenoxy) is 2. The van der Waals surface area contributed by atoms with Gasteiger partial charge < -0.3 is 9.47 Å². The molecule has 0 aliphatic rings. The van der Waals surface area contributed by atoms with E-state index in [1.165, 1.54) is 0 Å². The van der Waals surface area contributed by atoms with E-state index in [-0.39, 0.29) is 0 Å². The monoisotopic (exact) mass is 418 g/mol. The van der Waals surface area contributed by atoms with Crippen molar-refractivity contribution in [3.8, 4) is 35.2 Å². The summed E-state index contributed by atoms with van der Waals surface area (Å²) in [5, 5.41) is 0. The lowest BCUT2D eigenvalue weighted by molar-refractivity contribution is -0.129. The summed E-state index contributed by atoms with van der Waals surface area (Å²) < 4.78 is 10.3. The molecule has 3 rings (SSSR count). The summed E-state index contributed by atoms with van der Waals surface area (Å²) in [4.78, 5) is 22.8. The number of hydrogen-bond acceptors (Lipinski definition) is 4. The maximum atomic E-state index is 11.5. The summed E-state index contributed by atoms with van der Waals surface area (Å²) >= 11 is 0. The molecule has 0 amide bonds. The van der Waals surface area contributed by atoms with Gasteiger partial charge in [0, 0.05) is 28.8 Å². The van der Waals surface area contributed by atoms with Gasteiger partial charge in [-0.25, -0.2) is 9.59 Å². The van der Waals surface area contributed by atoms with Gasteiger partial charge in [-0.05, 0) is 54.6 Å². The highest BCUT2D eigenvalue weighted by molar-refractivity contribution is 5.84. The topological polar surface area (TPSA) is 52.6 Å². The Morgan fingerprint density at radius 3 is 1.94 bits per heavy atom. The van der Waals surface area contributed by atoms with Crippen LogP contribution in [0.4, 0.5) is 0 Å². The molecule has 0 aromatic heterocycles. The molecule has 0 atom stereocenters. The highest BCUT2D eigenvalue weighted by atomic mass is 16.5. The minimum absolute atomic E-state index is 0.383. The molecule has 32 heavy (non-hydrogen) atoms. The van der Waals surface area contributed by atoms with Crippen molar-refractivity contribution in [3.05, 3.63) is 120 Å². The summed E-state index contributed by atoms with van der Waals surface area (Å²) in [6, 6.07) is 21.4. The van der Waals surface area contributed by atoms with E-state index in [2.05, 4.69) is 36.8 Å². The molecule has 3 aromatic rings. The van der Waals surface area contributed by atoms with Crippen LogP contribution in [0.2, 0.25) is 0 Å². The average Bonchev–Trinajstić information content (AvgIpc) is 2.83. The lowest BCUT2D eigenvalue weighted by Crippen LogP contribution is -2.04. The largest absolute Gasteiger partial charge is 0.423 e. The first kappa shape index (κ1) is 21.9. The Bertz CT molecular complexity index is 1290. The van der Waals surface area contributed by atoms with Crippen LogP contribution in [0.1, 0.15) is 22.3 Å². The highest BCUT2D eigenvalue weighted by Crippen LogP contribution is 2.17. The van der Waals surface area contributed by atoms with Gasteiger partial charge in [0.1, 0.15) is 11.5 Å². The molecule has 3 aromatic carbocycles. The first-order valence-corrected chi connectivity index (χ1v) is 9.59. The van der Waals surface area contributed by atoms with Crippen LogP contribution in [0.25, 0.3) is 0 Å². The molecule has 0 fully saturated rings. The van der Waals surface area contributed by atoms with E-state index >= 15 is 0 Å². The first-order chi connectivity index (χ1) is 15.6. The Morgan fingerprint density at radius 1 is 0.656 bits per heavy atom. The Balaban J connectivity index is 1.73. The summed E-state index contributed by atoms with van der Waals surface area (Å²) in [6.07, 6.45) is 2.21. The van der Waals surface area contributed by atoms with Gasteiger partial charge in [-0.3, -0.25) is 0 Å². The smallest absolute Gasteiger partial charge is 0.335 e. The van der Waals surface area contributed by atoms with E-state index in [0.29, 0.717) is 22.6 Å². The molecule has 0 heterocycles. The zero-order valence-corrected chi connectivity index (χ0v) is 17.1. The first-order valence-electron chi connectivity index (χ1n) is 9.59. The quantitative estimate of drug-likeness (QED) is 0.267. The third kappa shape index (κ3) is 6.35. The van der Waals surface area contributed by atoms with Crippen molar-refractivity contribution in [2.45, 2.75) is 0 Å². The van der Waals surface area contributed by atoms with E-state index < -0.39 is 11.9 Å². The molecule has 0 unspecified atom stereocenters. The van der Waals surface area contributed by atoms with Crippen LogP contribution in [-0.4, -0.2) is 11.9 Å². The number of benzene rings is 3. The van der Waals surface area contributed by atoms with Crippen LogP contribution in [0.3, 0.4) is 0 Å². The average molecular weight is 418 g/mol. The maximum Gasteiger partial charge on any atom is 0.335 e. The zero-order valence-electron chi connectivity index (χ0n) is 17.1. The van der Waals surface area contributed by atoms with Crippen molar-refractivity contribution < 1.29 is 19.1 Å². The van der Waals surface area contributed by atoms with Crippen molar-refractivity contribution in [1.29, 1.82) is 0 Å². The second kappa shape index (κ2) is 10.8. The van der Waals surface area contributed by atoms with Crippen molar-refractivity contribution in [2.24, 2.45) is 0 Å². The Kier molecular flexibility index (Phi) is 7.41. The Labute approximate surface area is 186 Å².